The third kappa shape index (κ3) is 12.3. The smallest absolute Gasteiger partial charge is 0.426 e. The lowest BCUT2D eigenvalue weighted by Crippen LogP contribution is -2.56. The molecule has 0 aliphatic heterocycles. The van der Waals surface area contributed by atoms with Gasteiger partial charge in [-0.3, -0.25) is 9.59 Å². The van der Waals surface area contributed by atoms with Gasteiger partial charge in [-0.1, -0.05) is 0 Å². The molecule has 0 unspecified atom stereocenters. The van der Waals surface area contributed by atoms with E-state index in [1.54, 1.807) is 0 Å². The van der Waals surface area contributed by atoms with Gasteiger partial charge in [0.1, 0.15) is 0 Å². The molecule has 0 aromatic rings. The molecule has 0 amide bonds. The lowest BCUT2D eigenvalue weighted by Gasteiger charge is -2.32. The average molecular weight is 655 g/mol. The number of halogens is 12. The molecule has 0 saturated carbocycles. The lowest BCUT2D eigenvalue weighted by atomic mass is 9.97. The molecule has 2 N–H and O–H groups in total. The second kappa shape index (κ2) is 15.8. The van der Waals surface area contributed by atoms with E-state index >= 15 is 0 Å². The Balaban J connectivity index is 3.98. The SMILES string of the molecule is O=C(CSCCCC(O)(C(F)(F)F)C(F)(F)F)OCCCCOC(=O)CSCCCC(O)(C(F)(F)F)C(F)(F)F. The summed E-state index contributed by atoms with van der Waals surface area (Å²) < 4.78 is 160. The number of thioether (sulfide) groups is 2. The van der Waals surface area contributed by atoms with E-state index in [0.717, 1.165) is 0 Å². The maximum atomic E-state index is 12.5. The Morgan fingerprint density at radius 1 is 0.525 bits per heavy atom. The molecule has 0 aromatic carbocycles. The fourth-order valence-electron chi connectivity index (χ4n) is 2.72. The Bertz CT molecular complexity index is 692. The van der Waals surface area contributed by atoms with Crippen molar-refractivity contribution in [3.8, 4) is 0 Å². The second-order valence-electron chi connectivity index (χ2n) is 8.17. The quantitative estimate of drug-likeness (QED) is 0.119. The summed E-state index contributed by atoms with van der Waals surface area (Å²) in [5, 5.41) is 18.0. The first kappa shape index (κ1) is 38.7. The molecule has 0 aliphatic rings. The van der Waals surface area contributed by atoms with Gasteiger partial charge in [0.25, 0.3) is 11.2 Å². The number of rotatable bonds is 17. The van der Waals surface area contributed by atoms with Crippen LogP contribution in [0.25, 0.3) is 0 Å². The summed E-state index contributed by atoms with van der Waals surface area (Å²) in [7, 11) is 0. The fraction of sp³-hybridized carbons (Fsp3) is 0.900. The second-order valence-corrected chi connectivity index (χ2v) is 10.4. The van der Waals surface area contributed by atoms with E-state index in [9.17, 15) is 62.3 Å². The minimum atomic E-state index is -5.92. The van der Waals surface area contributed by atoms with E-state index in [4.69, 9.17) is 19.7 Å². The summed E-state index contributed by atoms with van der Waals surface area (Å²) in [5.41, 5.74) is -9.72. The van der Waals surface area contributed by atoms with Gasteiger partial charge in [0, 0.05) is 0 Å². The van der Waals surface area contributed by atoms with Crippen LogP contribution in [0.5, 0.6) is 0 Å². The van der Waals surface area contributed by atoms with E-state index in [1.165, 1.54) is 0 Å². The number of alkyl halides is 12. The van der Waals surface area contributed by atoms with Crippen LogP contribution >= 0.6 is 23.5 Å². The summed E-state index contributed by atoms with van der Waals surface area (Å²) in [6.07, 6.45) is -28.0. The third-order valence-corrected chi connectivity index (χ3v) is 7.07. The zero-order valence-corrected chi connectivity index (χ0v) is 22.0. The molecule has 0 fully saturated rings. The minimum absolute atomic E-state index is 0.158. The number of unbranched alkanes of at least 4 members (excludes halogenated alkanes) is 1. The molecule has 0 aliphatic carbocycles. The highest BCUT2D eigenvalue weighted by Crippen LogP contribution is 2.47. The van der Waals surface area contributed by atoms with Crippen LogP contribution in [-0.4, -0.2) is 94.3 Å². The van der Waals surface area contributed by atoms with Gasteiger partial charge < -0.3 is 19.7 Å². The molecule has 0 heterocycles. The van der Waals surface area contributed by atoms with Crippen LogP contribution in [0.4, 0.5) is 52.7 Å². The summed E-state index contributed by atoms with van der Waals surface area (Å²) >= 11 is 1.39. The highest BCUT2D eigenvalue weighted by molar-refractivity contribution is 8.00. The van der Waals surface area contributed by atoms with Gasteiger partial charge >= 0.3 is 36.6 Å². The zero-order chi connectivity index (χ0) is 31.5. The number of ether oxygens (including phenoxy) is 2. The first-order chi connectivity index (χ1) is 18.0. The number of esters is 2. The number of hydrogen-bond donors (Lipinski definition) is 2. The predicted molar refractivity (Wildman–Crippen MR) is 118 cm³/mol. The van der Waals surface area contributed by atoms with Crippen molar-refractivity contribution in [3.05, 3.63) is 0 Å². The van der Waals surface area contributed by atoms with E-state index in [0.29, 0.717) is 23.5 Å². The average Bonchev–Trinajstić information content (AvgIpc) is 2.77. The van der Waals surface area contributed by atoms with Crippen molar-refractivity contribution >= 4 is 35.5 Å². The first-order valence-electron chi connectivity index (χ1n) is 11.2. The molecule has 0 bridgehead atoms. The molecule has 0 saturated heterocycles. The first-order valence-corrected chi connectivity index (χ1v) is 13.5. The Morgan fingerprint density at radius 3 is 1.05 bits per heavy atom. The molecule has 0 aromatic heterocycles. The maximum Gasteiger partial charge on any atom is 0.426 e. The molecule has 0 spiro atoms. The van der Waals surface area contributed by atoms with Gasteiger partial charge in [0.2, 0.25) is 0 Å². The van der Waals surface area contributed by atoms with Crippen molar-refractivity contribution in [2.75, 3.05) is 36.2 Å². The predicted octanol–water partition coefficient (Wildman–Crippen LogP) is 5.59. The molecule has 6 nitrogen and oxygen atoms in total. The van der Waals surface area contributed by atoms with Crippen LogP contribution in [0.3, 0.4) is 0 Å². The van der Waals surface area contributed by atoms with Crippen molar-refractivity contribution in [1.29, 1.82) is 0 Å². The van der Waals surface area contributed by atoms with Crippen LogP contribution in [0.1, 0.15) is 38.5 Å². The largest absolute Gasteiger partial charge is 0.465 e. The van der Waals surface area contributed by atoms with E-state index in [-0.39, 0.29) is 49.1 Å². The van der Waals surface area contributed by atoms with E-state index in [1.807, 2.05) is 0 Å². The lowest BCUT2D eigenvalue weighted by molar-refractivity contribution is -0.370. The Labute approximate surface area is 228 Å². The normalized spacial score (nSPS) is 13.8. The minimum Gasteiger partial charge on any atom is -0.465 e. The van der Waals surface area contributed by atoms with Gasteiger partial charge in [0.05, 0.1) is 24.7 Å². The zero-order valence-electron chi connectivity index (χ0n) is 20.4. The molecule has 40 heavy (non-hydrogen) atoms. The number of carbonyl (C=O) groups is 2. The standard InChI is InChI=1S/C20H26F12O6S2/c21-17(22,23)15(35,18(24,25)26)5-3-9-39-11-13(33)37-7-1-2-8-38-14(34)12-40-10-4-6-16(36,19(27,28)29)20(30,31)32/h35-36H,1-12H2. The Hall–Kier alpha value is -1.28. The fourth-order valence-corrected chi connectivity index (χ4v) is 4.20. The molecular formula is C20H26F12O6S2. The maximum absolute atomic E-state index is 12.5. The van der Waals surface area contributed by atoms with Gasteiger partial charge in [0.15, 0.2) is 0 Å². The van der Waals surface area contributed by atoms with Crippen molar-refractivity contribution in [3.63, 3.8) is 0 Å². The highest BCUT2D eigenvalue weighted by atomic mass is 32.2. The third-order valence-electron chi connectivity index (χ3n) is 5.03. The van der Waals surface area contributed by atoms with Crippen LogP contribution in [0.15, 0.2) is 0 Å². The molecule has 20 heteroatoms. The topological polar surface area (TPSA) is 93.1 Å². The Morgan fingerprint density at radius 2 is 0.800 bits per heavy atom. The molecule has 0 rings (SSSR count). The van der Waals surface area contributed by atoms with Gasteiger partial charge in [-0.25, -0.2) is 0 Å². The van der Waals surface area contributed by atoms with Crippen molar-refractivity contribution in [1.82, 2.24) is 0 Å². The summed E-state index contributed by atoms with van der Waals surface area (Å²) in [6.45, 7) is -0.316. The van der Waals surface area contributed by atoms with E-state index in [2.05, 4.69) is 0 Å². The number of aliphatic hydroxyl groups is 2. The van der Waals surface area contributed by atoms with Crippen LogP contribution in [-0.2, 0) is 19.1 Å². The monoisotopic (exact) mass is 654 g/mol. The van der Waals surface area contributed by atoms with Gasteiger partial charge in [-0.15, -0.1) is 0 Å². The summed E-state index contributed by atoms with van der Waals surface area (Å²) in [5.74, 6) is -3.00. The summed E-state index contributed by atoms with van der Waals surface area (Å²) in [4.78, 5) is 23.0. The van der Waals surface area contributed by atoms with Crippen LogP contribution in [0.2, 0.25) is 0 Å². The van der Waals surface area contributed by atoms with E-state index < -0.39 is 73.5 Å². The molecule has 238 valence electrons. The summed E-state index contributed by atoms with van der Waals surface area (Å²) in [6, 6.07) is 0. The molecular weight excluding hydrogens is 628 g/mol. The Kier molecular flexibility index (Phi) is 15.3. The number of carbonyl (C=O) groups excluding carboxylic acids is 2. The van der Waals surface area contributed by atoms with Gasteiger partial charge in [-0.2, -0.15) is 76.2 Å². The van der Waals surface area contributed by atoms with Gasteiger partial charge in [-0.05, 0) is 50.0 Å². The molecule has 0 atom stereocenters. The molecule has 0 radical (unpaired) electrons. The van der Waals surface area contributed by atoms with Crippen molar-refractivity contribution in [2.45, 2.75) is 74.4 Å². The van der Waals surface area contributed by atoms with Crippen LogP contribution < -0.4 is 0 Å². The highest BCUT2D eigenvalue weighted by Gasteiger charge is 2.70. The van der Waals surface area contributed by atoms with Crippen molar-refractivity contribution < 1.29 is 82.0 Å². The van der Waals surface area contributed by atoms with Crippen LogP contribution in [0, 0.1) is 0 Å². The van der Waals surface area contributed by atoms with Crippen molar-refractivity contribution in [2.24, 2.45) is 0 Å². The number of hydrogen-bond acceptors (Lipinski definition) is 8.